The van der Waals surface area contributed by atoms with Crippen LogP contribution in [0.3, 0.4) is 0 Å². The second-order valence-electron chi connectivity index (χ2n) is 3.53. The minimum atomic E-state index is 0.468. The zero-order valence-electron chi connectivity index (χ0n) is 9.95. The van der Waals surface area contributed by atoms with E-state index < -0.39 is 0 Å². The highest BCUT2D eigenvalue weighted by Crippen LogP contribution is 2.17. The van der Waals surface area contributed by atoms with Gasteiger partial charge >= 0.3 is 0 Å². The molecule has 2 rings (SSSR count). The van der Waals surface area contributed by atoms with Gasteiger partial charge in [-0.2, -0.15) is 0 Å². The Bertz CT molecular complexity index is 399. The lowest BCUT2D eigenvalue weighted by Gasteiger charge is -2.10. The van der Waals surface area contributed by atoms with Crippen LogP contribution in [0.15, 0.2) is 60.0 Å². The van der Waals surface area contributed by atoms with Crippen LogP contribution in [0.5, 0.6) is 0 Å². The first-order chi connectivity index (χ1) is 8.24. The van der Waals surface area contributed by atoms with E-state index in [2.05, 4.69) is 10.2 Å². The molecule has 0 atom stereocenters. The molecule has 0 amide bonds. The lowest BCUT2D eigenvalue weighted by atomic mass is 10.3. The van der Waals surface area contributed by atoms with Crippen LogP contribution in [0.1, 0.15) is 0 Å². The first-order valence-electron chi connectivity index (χ1n) is 5.20. The van der Waals surface area contributed by atoms with Crippen LogP contribution in [-0.2, 0) is 0 Å². The van der Waals surface area contributed by atoms with Crippen LogP contribution >= 0.6 is 0 Å². The van der Waals surface area contributed by atoms with E-state index in [0.717, 1.165) is 5.69 Å². The Morgan fingerprint density at radius 2 is 1.59 bits per heavy atom. The molecule has 0 saturated carbocycles. The summed E-state index contributed by atoms with van der Waals surface area (Å²) in [6.07, 6.45) is 3.50. The lowest BCUT2D eigenvalue weighted by molar-refractivity contribution is 1.13. The van der Waals surface area contributed by atoms with Gasteiger partial charge < -0.3 is 4.90 Å². The number of hydrogen-bond donors (Lipinski definition) is 0. The normalized spacial score (nSPS) is 8.82. The standard InChI is InChI=1S/C8H10N2O.C5H5N/c1-10(2)8-5-3-7(9-11)4-6-8;1-2-4-6-5-3-1/h3-6H,1-2H3;1-5H. The fraction of sp³-hybridized carbons (Fsp3) is 0.154. The molecule has 1 aromatic carbocycles. The second kappa shape index (κ2) is 7.11. The highest BCUT2D eigenvalue weighted by Gasteiger charge is 1.94. The molecule has 0 spiro atoms. The number of anilines is 1. The lowest BCUT2D eigenvalue weighted by Crippen LogP contribution is -2.07. The van der Waals surface area contributed by atoms with Gasteiger partial charge in [0.2, 0.25) is 0 Å². The largest absolute Gasteiger partial charge is 0.378 e. The Kier molecular flexibility index (Phi) is 5.37. The van der Waals surface area contributed by atoms with Crippen molar-refractivity contribution < 1.29 is 0 Å². The van der Waals surface area contributed by atoms with Gasteiger partial charge in [0.1, 0.15) is 5.69 Å². The van der Waals surface area contributed by atoms with E-state index >= 15 is 0 Å². The Labute approximate surface area is 101 Å². The molecule has 17 heavy (non-hydrogen) atoms. The SMILES string of the molecule is CN(C)c1ccc(N=O)cc1.c1ccncc1. The Morgan fingerprint density at radius 3 is 1.88 bits per heavy atom. The van der Waals surface area contributed by atoms with Crippen LogP contribution in [0, 0.1) is 4.91 Å². The molecular formula is C13H15N3O. The van der Waals surface area contributed by atoms with Crippen molar-refractivity contribution >= 4 is 11.4 Å². The summed E-state index contributed by atoms with van der Waals surface area (Å²) in [5, 5.41) is 2.80. The van der Waals surface area contributed by atoms with Gasteiger partial charge in [0.25, 0.3) is 0 Å². The molecule has 2 aromatic rings. The van der Waals surface area contributed by atoms with Crippen molar-refractivity contribution in [1.82, 2.24) is 4.98 Å². The zero-order valence-corrected chi connectivity index (χ0v) is 9.95. The zero-order chi connectivity index (χ0) is 12.5. The molecule has 88 valence electrons. The molecular weight excluding hydrogens is 214 g/mol. The molecule has 1 aromatic heterocycles. The summed E-state index contributed by atoms with van der Waals surface area (Å²) in [6.45, 7) is 0. The van der Waals surface area contributed by atoms with Crippen molar-refractivity contribution in [2.45, 2.75) is 0 Å². The summed E-state index contributed by atoms with van der Waals surface area (Å²) in [7, 11) is 3.90. The van der Waals surface area contributed by atoms with Gasteiger partial charge in [-0.05, 0) is 41.6 Å². The maximum atomic E-state index is 10.0. The Morgan fingerprint density at radius 1 is 1.00 bits per heavy atom. The van der Waals surface area contributed by atoms with Crippen LogP contribution in [-0.4, -0.2) is 19.1 Å². The molecule has 0 N–H and O–H groups in total. The number of hydrogen-bond acceptors (Lipinski definition) is 4. The van der Waals surface area contributed by atoms with E-state index in [1.807, 2.05) is 49.3 Å². The number of nitroso groups, excluding NO2 is 1. The molecule has 0 unspecified atom stereocenters. The Balaban J connectivity index is 0.000000202. The highest BCUT2D eigenvalue weighted by atomic mass is 16.3. The molecule has 0 aliphatic heterocycles. The molecule has 4 nitrogen and oxygen atoms in total. The van der Waals surface area contributed by atoms with Crippen molar-refractivity contribution in [3.05, 3.63) is 59.8 Å². The molecule has 0 aliphatic rings. The van der Waals surface area contributed by atoms with E-state index in [-0.39, 0.29) is 0 Å². The van der Waals surface area contributed by atoms with Crippen molar-refractivity contribution in [1.29, 1.82) is 0 Å². The van der Waals surface area contributed by atoms with Gasteiger partial charge in [0.05, 0.1) is 0 Å². The topological polar surface area (TPSA) is 45.6 Å². The van der Waals surface area contributed by atoms with Crippen molar-refractivity contribution in [2.24, 2.45) is 5.18 Å². The molecule has 1 heterocycles. The quantitative estimate of drug-likeness (QED) is 0.743. The molecule has 4 heteroatoms. The van der Waals surface area contributed by atoms with Gasteiger partial charge in [0, 0.05) is 32.2 Å². The average molecular weight is 229 g/mol. The fourth-order valence-corrected chi connectivity index (χ4v) is 1.12. The Hall–Kier alpha value is -2.23. The van der Waals surface area contributed by atoms with E-state index in [9.17, 15) is 4.91 Å². The van der Waals surface area contributed by atoms with Gasteiger partial charge in [-0.1, -0.05) is 6.07 Å². The van der Waals surface area contributed by atoms with Gasteiger partial charge in [-0.15, -0.1) is 4.91 Å². The maximum absolute atomic E-state index is 10.0. The third-order valence-corrected chi connectivity index (χ3v) is 2.04. The third-order valence-electron chi connectivity index (χ3n) is 2.04. The van der Waals surface area contributed by atoms with Crippen molar-refractivity contribution in [3.8, 4) is 0 Å². The predicted molar refractivity (Wildman–Crippen MR) is 70.5 cm³/mol. The first-order valence-corrected chi connectivity index (χ1v) is 5.20. The minimum Gasteiger partial charge on any atom is -0.378 e. The highest BCUT2D eigenvalue weighted by molar-refractivity contribution is 5.51. The minimum absolute atomic E-state index is 0.468. The summed E-state index contributed by atoms with van der Waals surface area (Å²) in [4.78, 5) is 15.8. The maximum Gasteiger partial charge on any atom is 0.108 e. The predicted octanol–water partition coefficient (Wildman–Crippen LogP) is 3.23. The summed E-state index contributed by atoms with van der Waals surface area (Å²) in [5.74, 6) is 0. The second-order valence-corrected chi connectivity index (χ2v) is 3.53. The smallest absolute Gasteiger partial charge is 0.108 e. The number of nitrogens with zero attached hydrogens (tertiary/aromatic N) is 3. The van der Waals surface area contributed by atoms with Crippen LogP contribution in [0.4, 0.5) is 11.4 Å². The van der Waals surface area contributed by atoms with E-state index in [1.165, 1.54) is 0 Å². The molecule has 0 radical (unpaired) electrons. The van der Waals surface area contributed by atoms with Crippen molar-refractivity contribution in [2.75, 3.05) is 19.0 Å². The summed E-state index contributed by atoms with van der Waals surface area (Å²) < 4.78 is 0. The fourth-order valence-electron chi connectivity index (χ4n) is 1.12. The third kappa shape index (κ3) is 4.88. The average Bonchev–Trinajstić information content (AvgIpc) is 2.41. The van der Waals surface area contributed by atoms with Gasteiger partial charge in [0.15, 0.2) is 0 Å². The van der Waals surface area contributed by atoms with Gasteiger partial charge in [-0.25, -0.2) is 0 Å². The molecule has 0 saturated heterocycles. The summed E-state index contributed by atoms with van der Waals surface area (Å²) in [5.41, 5.74) is 1.54. The van der Waals surface area contributed by atoms with Crippen LogP contribution in [0.2, 0.25) is 0 Å². The van der Waals surface area contributed by atoms with E-state index in [4.69, 9.17) is 0 Å². The first kappa shape index (κ1) is 12.8. The number of rotatable bonds is 2. The molecule has 0 fully saturated rings. The number of aromatic nitrogens is 1. The van der Waals surface area contributed by atoms with E-state index in [0.29, 0.717) is 5.69 Å². The molecule has 0 aliphatic carbocycles. The van der Waals surface area contributed by atoms with Crippen LogP contribution < -0.4 is 4.90 Å². The van der Waals surface area contributed by atoms with E-state index in [1.54, 1.807) is 24.5 Å². The van der Waals surface area contributed by atoms with Crippen LogP contribution in [0.25, 0.3) is 0 Å². The summed E-state index contributed by atoms with van der Waals surface area (Å²) >= 11 is 0. The van der Waals surface area contributed by atoms with Gasteiger partial charge in [-0.3, -0.25) is 4.98 Å². The molecule has 0 bridgehead atoms. The van der Waals surface area contributed by atoms with Crippen molar-refractivity contribution in [3.63, 3.8) is 0 Å². The number of pyridine rings is 1. The monoisotopic (exact) mass is 229 g/mol. The number of benzene rings is 1. The summed E-state index contributed by atoms with van der Waals surface area (Å²) in [6, 6.07) is 12.8.